The number of hydrogen-bond donors (Lipinski definition) is 4. The summed E-state index contributed by atoms with van der Waals surface area (Å²) in [6.07, 6.45) is 3.76. The lowest BCUT2D eigenvalue weighted by molar-refractivity contribution is 0.272. The van der Waals surface area contributed by atoms with E-state index in [1.165, 1.54) is 0 Å². The fraction of sp³-hybridized carbons (Fsp3) is 0.333. The van der Waals surface area contributed by atoms with Crippen LogP contribution < -0.4 is 31.6 Å². The maximum atomic E-state index is 9.49. The fourth-order valence-electron chi connectivity index (χ4n) is 3.27. The van der Waals surface area contributed by atoms with Gasteiger partial charge in [-0.1, -0.05) is 29.3 Å². The van der Waals surface area contributed by atoms with Gasteiger partial charge in [-0.15, -0.1) is 0 Å². The normalized spacial score (nSPS) is 14.3. The zero-order chi connectivity index (χ0) is 23.3. The topological polar surface area (TPSA) is 167 Å². The lowest BCUT2D eigenvalue weighted by Gasteiger charge is -2.27. The van der Waals surface area contributed by atoms with Crippen LogP contribution in [0, 0.1) is 22.8 Å². The third-order valence-electron chi connectivity index (χ3n) is 4.77. The molecule has 0 saturated carbocycles. The Morgan fingerprint density at radius 3 is 2.62 bits per heavy atom. The van der Waals surface area contributed by atoms with Gasteiger partial charge in [-0.3, -0.25) is 5.32 Å². The Morgan fingerprint density at radius 2 is 1.97 bits per heavy atom. The minimum Gasteiger partial charge on any atom is -0.490 e. The van der Waals surface area contributed by atoms with Crippen molar-refractivity contribution in [2.75, 3.05) is 30.0 Å². The van der Waals surface area contributed by atoms with Gasteiger partial charge in [0.15, 0.2) is 17.7 Å². The standard InChI is InChI=1S/C21H23BrN8O2/c1-3-5-6-32-15-8-13(22)11(7-14(15)31-4-2)18-16-17(25)12(9-23)19(26)29-20(16)30-21(28-18)27-10-24/h7-8,18H,3-6H2,1-2H3,(H6,25,26,27,28,29,30). The van der Waals surface area contributed by atoms with Crippen molar-refractivity contribution in [3.63, 3.8) is 0 Å². The first kappa shape index (κ1) is 23.0. The van der Waals surface area contributed by atoms with Crippen LogP contribution >= 0.6 is 15.9 Å². The lowest BCUT2D eigenvalue weighted by atomic mass is 9.95. The van der Waals surface area contributed by atoms with Crippen molar-refractivity contribution in [2.45, 2.75) is 32.7 Å². The number of ether oxygens (including phenoxy) is 2. The fourth-order valence-corrected chi connectivity index (χ4v) is 3.81. The summed E-state index contributed by atoms with van der Waals surface area (Å²) in [6.45, 7) is 4.98. The molecule has 0 aliphatic carbocycles. The van der Waals surface area contributed by atoms with Gasteiger partial charge < -0.3 is 26.3 Å². The molecule has 0 amide bonds. The summed E-state index contributed by atoms with van der Waals surface area (Å²) in [4.78, 5) is 8.86. The van der Waals surface area contributed by atoms with Crippen LogP contribution in [-0.2, 0) is 0 Å². The molecular weight excluding hydrogens is 476 g/mol. The molecule has 1 aliphatic rings. The molecule has 3 rings (SSSR count). The van der Waals surface area contributed by atoms with Crippen molar-refractivity contribution in [3.05, 3.63) is 33.3 Å². The summed E-state index contributed by atoms with van der Waals surface area (Å²) in [5, 5.41) is 24.0. The Labute approximate surface area is 194 Å². The van der Waals surface area contributed by atoms with E-state index in [-0.39, 0.29) is 23.0 Å². The van der Waals surface area contributed by atoms with Gasteiger partial charge in [0.2, 0.25) is 5.96 Å². The molecule has 10 nitrogen and oxygen atoms in total. The molecule has 0 spiro atoms. The molecule has 166 valence electrons. The van der Waals surface area contributed by atoms with E-state index in [4.69, 9.17) is 26.2 Å². The van der Waals surface area contributed by atoms with Gasteiger partial charge in [0, 0.05) is 10.0 Å². The third-order valence-corrected chi connectivity index (χ3v) is 5.46. The van der Waals surface area contributed by atoms with Gasteiger partial charge >= 0.3 is 0 Å². The average Bonchev–Trinajstić information content (AvgIpc) is 2.75. The molecule has 0 saturated heterocycles. The van der Waals surface area contributed by atoms with Gasteiger partial charge in [0.25, 0.3) is 0 Å². The number of aromatic nitrogens is 1. The quantitative estimate of drug-likeness (QED) is 0.254. The molecule has 6 N–H and O–H groups in total. The summed E-state index contributed by atoms with van der Waals surface area (Å²) < 4.78 is 12.4. The highest BCUT2D eigenvalue weighted by atomic mass is 79.9. The maximum absolute atomic E-state index is 9.49. The molecule has 0 radical (unpaired) electrons. The second kappa shape index (κ2) is 10.1. The Balaban J connectivity index is 2.18. The smallest absolute Gasteiger partial charge is 0.211 e. The average molecular weight is 499 g/mol. The predicted molar refractivity (Wildman–Crippen MR) is 125 cm³/mol. The number of benzene rings is 1. The summed E-state index contributed by atoms with van der Waals surface area (Å²) >= 11 is 3.60. The highest BCUT2D eigenvalue weighted by Crippen LogP contribution is 2.45. The highest BCUT2D eigenvalue weighted by molar-refractivity contribution is 9.10. The molecular formula is C21H23BrN8O2. The first-order valence-electron chi connectivity index (χ1n) is 10.0. The van der Waals surface area contributed by atoms with Gasteiger partial charge in [-0.2, -0.15) is 10.5 Å². The maximum Gasteiger partial charge on any atom is 0.211 e. The lowest BCUT2D eigenvalue weighted by Crippen LogP contribution is -2.32. The predicted octanol–water partition coefficient (Wildman–Crippen LogP) is 3.40. The zero-order valence-corrected chi connectivity index (χ0v) is 19.3. The van der Waals surface area contributed by atoms with E-state index in [1.807, 2.05) is 31.3 Å². The zero-order valence-electron chi connectivity index (χ0n) is 17.7. The monoisotopic (exact) mass is 498 g/mol. The number of nitrogens with one attached hydrogen (secondary N) is 2. The van der Waals surface area contributed by atoms with E-state index >= 15 is 0 Å². The van der Waals surface area contributed by atoms with Crippen LogP contribution in [0.5, 0.6) is 11.5 Å². The van der Waals surface area contributed by atoms with Crippen molar-refractivity contribution in [3.8, 4) is 23.8 Å². The number of nitriles is 2. The van der Waals surface area contributed by atoms with Crippen LogP contribution in [0.25, 0.3) is 0 Å². The number of fused-ring (bicyclic) bond motifs is 1. The van der Waals surface area contributed by atoms with Crippen molar-refractivity contribution in [1.82, 2.24) is 10.3 Å². The Kier molecular flexibility index (Phi) is 7.23. The summed E-state index contributed by atoms with van der Waals surface area (Å²) in [6, 6.07) is 4.92. The molecule has 32 heavy (non-hydrogen) atoms. The van der Waals surface area contributed by atoms with E-state index < -0.39 is 6.04 Å². The first-order valence-corrected chi connectivity index (χ1v) is 10.8. The number of guanidine groups is 1. The Morgan fingerprint density at radius 1 is 1.22 bits per heavy atom. The number of anilines is 3. The van der Waals surface area contributed by atoms with Gasteiger partial charge in [-0.05, 0) is 31.0 Å². The van der Waals surface area contributed by atoms with E-state index in [0.29, 0.717) is 46.1 Å². The first-order chi connectivity index (χ1) is 15.4. The van der Waals surface area contributed by atoms with Crippen molar-refractivity contribution >= 4 is 39.2 Å². The highest BCUT2D eigenvalue weighted by Gasteiger charge is 2.31. The number of unbranched alkanes of at least 4 members (excludes halogenated alkanes) is 1. The number of aliphatic imine (C=N–C) groups is 1. The molecule has 11 heteroatoms. The molecule has 1 aliphatic heterocycles. The molecule has 1 unspecified atom stereocenters. The van der Waals surface area contributed by atoms with E-state index in [0.717, 1.165) is 12.8 Å². The number of nitrogens with two attached hydrogens (primary N) is 2. The molecule has 0 fully saturated rings. The second-order valence-electron chi connectivity index (χ2n) is 6.86. The molecule has 1 aromatic carbocycles. The Hall–Kier alpha value is -3.70. The van der Waals surface area contributed by atoms with Crippen LogP contribution in [0.3, 0.4) is 0 Å². The van der Waals surface area contributed by atoms with Gasteiger partial charge in [0.05, 0.1) is 18.9 Å². The number of halogens is 1. The SMILES string of the molecule is CCCCOc1cc(Br)c(C2N=C(NC#N)Nc3nc(N)c(C#N)c(N)c32)cc1OCC. The minimum absolute atomic E-state index is 0.0121. The van der Waals surface area contributed by atoms with E-state index in [2.05, 4.69) is 43.5 Å². The van der Waals surface area contributed by atoms with Crippen LogP contribution in [0.1, 0.15) is 49.4 Å². The van der Waals surface area contributed by atoms with Crippen molar-refractivity contribution in [1.29, 1.82) is 10.5 Å². The van der Waals surface area contributed by atoms with Gasteiger partial charge in [-0.25, -0.2) is 9.98 Å². The van der Waals surface area contributed by atoms with Crippen molar-refractivity contribution < 1.29 is 9.47 Å². The molecule has 1 atom stereocenters. The summed E-state index contributed by atoms with van der Waals surface area (Å²) in [5.41, 5.74) is 13.6. The number of rotatable bonds is 7. The molecule has 0 bridgehead atoms. The van der Waals surface area contributed by atoms with Crippen LogP contribution in [-0.4, -0.2) is 24.2 Å². The van der Waals surface area contributed by atoms with Crippen LogP contribution in [0.4, 0.5) is 17.3 Å². The minimum atomic E-state index is -0.694. The number of hydrogen-bond acceptors (Lipinski definition) is 10. The van der Waals surface area contributed by atoms with Crippen LogP contribution in [0.2, 0.25) is 0 Å². The molecule has 1 aromatic heterocycles. The second-order valence-corrected chi connectivity index (χ2v) is 7.71. The van der Waals surface area contributed by atoms with E-state index in [9.17, 15) is 5.26 Å². The molecule has 2 aromatic rings. The van der Waals surface area contributed by atoms with Gasteiger partial charge in [0.1, 0.15) is 29.3 Å². The van der Waals surface area contributed by atoms with Crippen molar-refractivity contribution in [2.24, 2.45) is 4.99 Å². The third kappa shape index (κ3) is 4.48. The Bertz CT molecular complexity index is 1140. The van der Waals surface area contributed by atoms with Crippen LogP contribution in [0.15, 0.2) is 21.6 Å². The number of nitrogens with zero attached hydrogens (tertiary/aromatic N) is 4. The molecule has 2 heterocycles. The number of pyridine rings is 1. The summed E-state index contributed by atoms with van der Waals surface area (Å²) in [7, 11) is 0. The number of nitrogen functional groups attached to an aromatic ring is 2. The summed E-state index contributed by atoms with van der Waals surface area (Å²) in [5.74, 6) is 1.63. The van der Waals surface area contributed by atoms with E-state index in [1.54, 1.807) is 0 Å². The largest absolute Gasteiger partial charge is 0.490 e.